The van der Waals surface area contributed by atoms with Crippen molar-refractivity contribution in [2.24, 2.45) is 0 Å². The van der Waals surface area contributed by atoms with E-state index < -0.39 is 5.56 Å². The number of rotatable bonds is 2. The van der Waals surface area contributed by atoms with Gasteiger partial charge in [-0.3, -0.25) is 14.6 Å². The summed E-state index contributed by atoms with van der Waals surface area (Å²) in [5.41, 5.74) is 4.67. The van der Waals surface area contributed by atoms with Gasteiger partial charge in [-0.05, 0) is 6.07 Å². The number of nitrogens with two attached hydrogens (primary N) is 1. The number of aromatic nitrogens is 3. The molecule has 7 nitrogen and oxygen atoms in total. The smallest absolute Gasteiger partial charge is 0.275 e. The first-order valence-corrected chi connectivity index (χ1v) is 4.46. The minimum atomic E-state index is -0.434. The summed E-state index contributed by atoms with van der Waals surface area (Å²) in [6.07, 6.45) is 1.24. The Kier molecular flexibility index (Phi) is 2.42. The Balaban J connectivity index is 2.31. The summed E-state index contributed by atoms with van der Waals surface area (Å²) < 4.78 is 0. The van der Waals surface area contributed by atoms with Crippen LogP contribution < -0.4 is 22.2 Å². The molecule has 0 unspecified atom stereocenters. The summed E-state index contributed by atoms with van der Waals surface area (Å²) in [5, 5.41) is 2.74. The Bertz CT molecular complexity index is 616. The molecule has 0 aliphatic carbocycles. The Morgan fingerprint density at radius 2 is 2.06 bits per heavy atom. The van der Waals surface area contributed by atoms with Crippen LogP contribution in [0.2, 0.25) is 0 Å². The Labute approximate surface area is 89.4 Å². The lowest BCUT2D eigenvalue weighted by Crippen LogP contribution is -2.15. The van der Waals surface area contributed by atoms with E-state index in [9.17, 15) is 9.59 Å². The summed E-state index contributed by atoms with van der Waals surface area (Å²) >= 11 is 0. The first-order chi connectivity index (χ1) is 7.65. The van der Waals surface area contributed by atoms with Gasteiger partial charge < -0.3 is 16.0 Å². The number of anilines is 3. The molecule has 0 saturated carbocycles. The monoisotopic (exact) mass is 219 g/mol. The lowest BCUT2D eigenvalue weighted by molar-refractivity contribution is 1.11. The average molecular weight is 219 g/mol. The second kappa shape index (κ2) is 3.89. The van der Waals surface area contributed by atoms with Crippen molar-refractivity contribution >= 4 is 17.5 Å². The number of nitrogens with zero attached hydrogens (tertiary/aromatic N) is 1. The number of pyridine rings is 1. The van der Waals surface area contributed by atoms with Crippen molar-refractivity contribution in [1.82, 2.24) is 15.0 Å². The topological polar surface area (TPSA) is 117 Å². The number of aromatic amines is 2. The van der Waals surface area contributed by atoms with Crippen LogP contribution in [0.3, 0.4) is 0 Å². The maximum atomic E-state index is 11.2. The van der Waals surface area contributed by atoms with Crippen molar-refractivity contribution in [3.05, 3.63) is 45.1 Å². The van der Waals surface area contributed by atoms with Crippen molar-refractivity contribution in [2.75, 3.05) is 11.1 Å². The molecule has 0 radical (unpaired) electrons. The third-order valence-electron chi connectivity index (χ3n) is 1.85. The fraction of sp³-hybridized carbons (Fsp3) is 0. The van der Waals surface area contributed by atoms with E-state index in [4.69, 9.17) is 5.73 Å². The summed E-state index contributed by atoms with van der Waals surface area (Å²) in [5.74, 6) is 0.640. The Morgan fingerprint density at radius 1 is 1.25 bits per heavy atom. The molecule has 0 amide bonds. The summed E-state index contributed by atoms with van der Waals surface area (Å²) in [7, 11) is 0. The number of nitrogen functional groups attached to an aromatic ring is 1. The van der Waals surface area contributed by atoms with Crippen LogP contribution >= 0.6 is 0 Å². The van der Waals surface area contributed by atoms with Crippen LogP contribution in [0.25, 0.3) is 0 Å². The summed E-state index contributed by atoms with van der Waals surface area (Å²) in [6.45, 7) is 0. The zero-order valence-corrected chi connectivity index (χ0v) is 8.15. The molecule has 7 heteroatoms. The van der Waals surface area contributed by atoms with Gasteiger partial charge in [0.15, 0.2) is 0 Å². The molecule has 0 spiro atoms. The van der Waals surface area contributed by atoms with Gasteiger partial charge in [0.2, 0.25) is 11.5 Å². The zero-order valence-electron chi connectivity index (χ0n) is 8.15. The normalized spacial score (nSPS) is 10.0. The zero-order chi connectivity index (χ0) is 11.5. The lowest BCUT2D eigenvalue weighted by atomic mass is 10.4. The largest absolute Gasteiger partial charge is 0.393 e. The minimum Gasteiger partial charge on any atom is -0.393 e. The maximum absolute atomic E-state index is 11.2. The second-order valence-corrected chi connectivity index (χ2v) is 3.07. The molecule has 2 heterocycles. The van der Waals surface area contributed by atoms with E-state index in [1.165, 1.54) is 12.3 Å². The third-order valence-corrected chi connectivity index (χ3v) is 1.85. The molecule has 82 valence electrons. The fourth-order valence-corrected chi connectivity index (χ4v) is 1.12. The van der Waals surface area contributed by atoms with Crippen LogP contribution in [-0.2, 0) is 0 Å². The number of hydrogen-bond acceptors (Lipinski definition) is 5. The fourth-order valence-electron chi connectivity index (χ4n) is 1.12. The second-order valence-electron chi connectivity index (χ2n) is 3.07. The van der Waals surface area contributed by atoms with Crippen LogP contribution in [0.1, 0.15) is 0 Å². The highest BCUT2D eigenvalue weighted by Crippen LogP contribution is 2.05. The molecule has 0 fully saturated rings. The maximum Gasteiger partial charge on any atom is 0.275 e. The molecule has 16 heavy (non-hydrogen) atoms. The number of nitrogens with one attached hydrogen (secondary N) is 3. The molecule has 2 aromatic heterocycles. The van der Waals surface area contributed by atoms with E-state index in [1.807, 2.05) is 0 Å². The predicted octanol–water partition coefficient (Wildman–Crippen LogP) is -0.216. The third kappa shape index (κ3) is 2.08. The Hall–Kier alpha value is -2.57. The molecule has 0 aromatic carbocycles. The van der Waals surface area contributed by atoms with Crippen molar-refractivity contribution in [3.63, 3.8) is 0 Å². The molecule has 2 aromatic rings. The molecule has 0 aliphatic heterocycles. The van der Waals surface area contributed by atoms with Gasteiger partial charge in [0.1, 0.15) is 11.5 Å². The number of hydrogen-bond donors (Lipinski definition) is 4. The molecule has 0 bridgehead atoms. The van der Waals surface area contributed by atoms with Crippen molar-refractivity contribution in [2.45, 2.75) is 0 Å². The van der Waals surface area contributed by atoms with Gasteiger partial charge in [0.25, 0.3) is 5.56 Å². The van der Waals surface area contributed by atoms with Crippen molar-refractivity contribution in [3.8, 4) is 0 Å². The molecule has 0 atom stereocenters. The number of H-pyrrole nitrogens is 2. The predicted molar refractivity (Wildman–Crippen MR) is 59.6 cm³/mol. The molecular weight excluding hydrogens is 210 g/mol. The van der Waals surface area contributed by atoms with Crippen molar-refractivity contribution < 1.29 is 0 Å². The van der Waals surface area contributed by atoms with Gasteiger partial charge in [-0.15, -0.1) is 0 Å². The van der Waals surface area contributed by atoms with Crippen molar-refractivity contribution in [1.29, 1.82) is 0 Å². The van der Waals surface area contributed by atoms with Crippen LogP contribution in [0.4, 0.5) is 17.5 Å². The molecular formula is C9H9N5O2. The highest BCUT2D eigenvalue weighted by molar-refractivity contribution is 5.48. The van der Waals surface area contributed by atoms with Crippen LogP contribution in [0.5, 0.6) is 0 Å². The van der Waals surface area contributed by atoms with Gasteiger partial charge in [-0.1, -0.05) is 6.07 Å². The molecule has 0 aliphatic rings. The van der Waals surface area contributed by atoms with Gasteiger partial charge in [0, 0.05) is 6.07 Å². The van der Waals surface area contributed by atoms with Gasteiger partial charge in [-0.25, -0.2) is 4.98 Å². The quantitative estimate of drug-likeness (QED) is 0.557. The van der Waals surface area contributed by atoms with E-state index in [0.29, 0.717) is 5.82 Å². The van der Waals surface area contributed by atoms with E-state index in [0.717, 1.165) is 0 Å². The molecule has 2 rings (SSSR count). The van der Waals surface area contributed by atoms with E-state index in [2.05, 4.69) is 20.3 Å². The van der Waals surface area contributed by atoms with Crippen LogP contribution in [0.15, 0.2) is 34.0 Å². The first kappa shape index (κ1) is 9.97. The van der Waals surface area contributed by atoms with Gasteiger partial charge >= 0.3 is 0 Å². The van der Waals surface area contributed by atoms with E-state index in [1.54, 1.807) is 12.1 Å². The standard InChI is InChI=1S/C9H9N5O2/c10-5-4-11-9(14-8(5)16)13-6-2-1-3-7(15)12-6/h1-4H,10H2,(H3,11,12,13,14,15,16). The van der Waals surface area contributed by atoms with Gasteiger partial charge in [0.05, 0.1) is 6.20 Å². The first-order valence-electron chi connectivity index (χ1n) is 4.46. The molecule has 5 N–H and O–H groups in total. The average Bonchev–Trinajstić information content (AvgIpc) is 2.24. The molecule has 0 saturated heterocycles. The minimum absolute atomic E-state index is 0.0344. The van der Waals surface area contributed by atoms with E-state index in [-0.39, 0.29) is 17.2 Å². The van der Waals surface area contributed by atoms with E-state index >= 15 is 0 Å². The highest BCUT2D eigenvalue weighted by atomic mass is 16.1. The Morgan fingerprint density at radius 3 is 2.75 bits per heavy atom. The lowest BCUT2D eigenvalue weighted by Gasteiger charge is -2.03. The van der Waals surface area contributed by atoms with Gasteiger partial charge in [-0.2, -0.15) is 0 Å². The summed E-state index contributed by atoms with van der Waals surface area (Å²) in [4.78, 5) is 31.0. The summed E-state index contributed by atoms with van der Waals surface area (Å²) in [6, 6.07) is 4.60. The highest BCUT2D eigenvalue weighted by Gasteiger charge is 1.99. The van der Waals surface area contributed by atoms with Crippen LogP contribution in [0, 0.1) is 0 Å². The van der Waals surface area contributed by atoms with Crippen LogP contribution in [-0.4, -0.2) is 15.0 Å². The SMILES string of the molecule is Nc1cnc(Nc2cccc(=O)[nH]2)[nH]c1=O.